The summed E-state index contributed by atoms with van der Waals surface area (Å²) in [6.45, 7) is 8.87. The highest BCUT2D eigenvalue weighted by molar-refractivity contribution is 5.97. The van der Waals surface area contributed by atoms with Gasteiger partial charge in [0.25, 0.3) is 5.91 Å². The molecule has 3 aromatic carbocycles. The molecule has 0 bridgehead atoms. The van der Waals surface area contributed by atoms with Gasteiger partial charge >= 0.3 is 0 Å². The lowest BCUT2D eigenvalue weighted by atomic mass is 9.86. The normalized spacial score (nSPS) is 12.1. The maximum Gasteiger partial charge on any atom is 0.251 e. The number of unbranched alkanes of at least 4 members (excludes halogenated alkanes) is 4. The first-order valence-corrected chi connectivity index (χ1v) is 16.7. The number of aliphatic hydroxyl groups excluding tert-OH is 1. The van der Waals surface area contributed by atoms with E-state index in [-0.39, 0.29) is 18.4 Å². The number of aromatic nitrogens is 2. The Kier molecular flexibility index (Phi) is 13.2. The van der Waals surface area contributed by atoms with Crippen molar-refractivity contribution >= 4 is 11.8 Å². The molecular formula is C39H48N4O5. The number of ether oxygens (including phenoxy) is 1. The van der Waals surface area contributed by atoms with E-state index in [1.165, 1.54) is 25.7 Å². The summed E-state index contributed by atoms with van der Waals surface area (Å²) in [5.41, 5.74) is 4.95. The van der Waals surface area contributed by atoms with Gasteiger partial charge in [-0.2, -0.15) is 0 Å². The lowest BCUT2D eigenvalue weighted by Gasteiger charge is -2.21. The maximum atomic E-state index is 13.1. The molecule has 1 aromatic heterocycles. The van der Waals surface area contributed by atoms with E-state index < -0.39 is 24.1 Å². The molecule has 48 heavy (non-hydrogen) atoms. The Labute approximate surface area is 283 Å². The molecule has 0 fully saturated rings. The number of carbonyl (C=O) groups excluding carboxylic acids is 2. The molecule has 1 heterocycles. The van der Waals surface area contributed by atoms with Crippen LogP contribution in [-0.2, 0) is 16.6 Å². The van der Waals surface area contributed by atoms with Crippen molar-refractivity contribution in [2.45, 2.75) is 84.0 Å². The molecule has 0 radical (unpaired) electrons. The molecule has 0 aliphatic heterocycles. The number of hydrogen-bond donors (Lipinski definition) is 4. The molecule has 2 amide bonds. The minimum absolute atomic E-state index is 0.0590. The zero-order chi connectivity index (χ0) is 34.5. The van der Waals surface area contributed by atoms with E-state index in [0.717, 1.165) is 46.6 Å². The Morgan fingerprint density at radius 1 is 0.792 bits per heavy atom. The fourth-order valence-electron chi connectivity index (χ4n) is 5.18. The van der Waals surface area contributed by atoms with Crippen molar-refractivity contribution in [1.29, 1.82) is 0 Å². The fraction of sp³-hybridized carbons (Fsp3) is 0.385. The SMILES string of the molecule is CCCCCCCOc1ccc(-c2cnc(-c3ccc(CC(NC(=O)c4ccc(C(C)(C)C)cc4)C(=O)NCC(O)O)cc3)nc2)cc1. The smallest absolute Gasteiger partial charge is 0.251 e. The van der Waals surface area contributed by atoms with E-state index in [0.29, 0.717) is 11.4 Å². The summed E-state index contributed by atoms with van der Waals surface area (Å²) in [7, 11) is 0. The monoisotopic (exact) mass is 652 g/mol. The Balaban J connectivity index is 1.38. The summed E-state index contributed by atoms with van der Waals surface area (Å²) in [5.74, 6) is 0.497. The second kappa shape index (κ2) is 17.5. The van der Waals surface area contributed by atoms with Crippen LogP contribution in [0.1, 0.15) is 81.3 Å². The average molecular weight is 653 g/mol. The van der Waals surface area contributed by atoms with Crippen LogP contribution in [0, 0.1) is 0 Å². The molecule has 254 valence electrons. The van der Waals surface area contributed by atoms with Gasteiger partial charge in [0.1, 0.15) is 11.8 Å². The first kappa shape index (κ1) is 36.2. The zero-order valence-corrected chi connectivity index (χ0v) is 28.4. The zero-order valence-electron chi connectivity index (χ0n) is 28.4. The summed E-state index contributed by atoms with van der Waals surface area (Å²) in [4.78, 5) is 35.2. The van der Waals surface area contributed by atoms with Gasteiger partial charge in [0, 0.05) is 35.5 Å². The van der Waals surface area contributed by atoms with E-state index >= 15 is 0 Å². The highest BCUT2D eigenvalue weighted by Gasteiger charge is 2.23. The highest BCUT2D eigenvalue weighted by Crippen LogP contribution is 2.24. The van der Waals surface area contributed by atoms with Gasteiger partial charge in [-0.1, -0.05) is 102 Å². The Bertz CT molecular complexity index is 1580. The second-order valence-electron chi connectivity index (χ2n) is 13.1. The van der Waals surface area contributed by atoms with Crippen LogP contribution >= 0.6 is 0 Å². The maximum absolute atomic E-state index is 13.1. The van der Waals surface area contributed by atoms with Crippen LogP contribution in [-0.4, -0.2) is 57.5 Å². The minimum Gasteiger partial charge on any atom is -0.494 e. The average Bonchev–Trinajstić information content (AvgIpc) is 3.08. The number of benzene rings is 3. The molecule has 0 aliphatic rings. The number of rotatable bonds is 16. The van der Waals surface area contributed by atoms with Gasteiger partial charge in [0.15, 0.2) is 12.1 Å². The highest BCUT2D eigenvalue weighted by atomic mass is 16.5. The van der Waals surface area contributed by atoms with Crippen LogP contribution in [0.15, 0.2) is 85.2 Å². The van der Waals surface area contributed by atoms with Crippen molar-refractivity contribution in [1.82, 2.24) is 20.6 Å². The van der Waals surface area contributed by atoms with E-state index in [1.54, 1.807) is 24.5 Å². The van der Waals surface area contributed by atoms with Crippen LogP contribution < -0.4 is 15.4 Å². The topological polar surface area (TPSA) is 134 Å². The number of carbonyl (C=O) groups is 2. The lowest BCUT2D eigenvalue weighted by molar-refractivity contribution is -0.125. The number of nitrogens with one attached hydrogen (secondary N) is 2. The summed E-state index contributed by atoms with van der Waals surface area (Å²) >= 11 is 0. The van der Waals surface area contributed by atoms with Crippen molar-refractivity contribution < 1.29 is 24.5 Å². The van der Waals surface area contributed by atoms with Gasteiger partial charge < -0.3 is 25.6 Å². The molecule has 4 rings (SSSR count). The van der Waals surface area contributed by atoms with E-state index in [4.69, 9.17) is 4.74 Å². The predicted molar refractivity (Wildman–Crippen MR) is 188 cm³/mol. The van der Waals surface area contributed by atoms with Gasteiger partial charge in [-0.3, -0.25) is 9.59 Å². The number of hydrogen-bond acceptors (Lipinski definition) is 7. The predicted octanol–water partition coefficient (Wildman–Crippen LogP) is 6.23. The Hall–Kier alpha value is -4.60. The molecule has 0 saturated carbocycles. The molecule has 4 aromatic rings. The van der Waals surface area contributed by atoms with Crippen molar-refractivity contribution in [2.24, 2.45) is 0 Å². The number of aliphatic hydroxyl groups is 2. The molecule has 4 N–H and O–H groups in total. The summed E-state index contributed by atoms with van der Waals surface area (Å²) in [6.07, 6.45) is 8.09. The molecular weight excluding hydrogens is 604 g/mol. The second-order valence-corrected chi connectivity index (χ2v) is 13.1. The van der Waals surface area contributed by atoms with Crippen molar-refractivity contribution in [3.63, 3.8) is 0 Å². The van der Waals surface area contributed by atoms with E-state index in [9.17, 15) is 19.8 Å². The third kappa shape index (κ3) is 11.0. The van der Waals surface area contributed by atoms with Crippen LogP contribution in [0.25, 0.3) is 22.5 Å². The Morgan fingerprint density at radius 3 is 2.02 bits per heavy atom. The summed E-state index contributed by atoms with van der Waals surface area (Å²) in [5, 5.41) is 23.8. The van der Waals surface area contributed by atoms with Gasteiger partial charge in [-0.05, 0) is 52.8 Å². The summed E-state index contributed by atoms with van der Waals surface area (Å²) < 4.78 is 5.88. The fourth-order valence-corrected chi connectivity index (χ4v) is 5.18. The third-order valence-corrected chi connectivity index (χ3v) is 8.10. The quantitative estimate of drug-likeness (QED) is 0.0834. The molecule has 9 nitrogen and oxygen atoms in total. The van der Waals surface area contributed by atoms with Crippen LogP contribution in [0.2, 0.25) is 0 Å². The van der Waals surface area contributed by atoms with E-state index in [2.05, 4.69) is 48.3 Å². The largest absolute Gasteiger partial charge is 0.494 e. The molecule has 1 unspecified atom stereocenters. The molecule has 0 saturated heterocycles. The van der Waals surface area contributed by atoms with Crippen molar-refractivity contribution in [3.05, 3.63) is 102 Å². The molecule has 9 heteroatoms. The minimum atomic E-state index is -1.70. The van der Waals surface area contributed by atoms with Crippen molar-refractivity contribution in [3.8, 4) is 28.3 Å². The number of amides is 2. The van der Waals surface area contributed by atoms with E-state index in [1.807, 2.05) is 60.7 Å². The molecule has 0 aliphatic carbocycles. The van der Waals surface area contributed by atoms with Crippen molar-refractivity contribution in [2.75, 3.05) is 13.2 Å². The lowest BCUT2D eigenvalue weighted by Crippen LogP contribution is -2.49. The third-order valence-electron chi connectivity index (χ3n) is 8.10. The van der Waals surface area contributed by atoms with Crippen LogP contribution in [0.3, 0.4) is 0 Å². The summed E-state index contributed by atoms with van der Waals surface area (Å²) in [6, 6.07) is 21.8. The van der Waals surface area contributed by atoms with Crippen LogP contribution in [0.4, 0.5) is 0 Å². The molecule has 1 atom stereocenters. The van der Waals surface area contributed by atoms with Gasteiger partial charge in [-0.25, -0.2) is 9.97 Å². The van der Waals surface area contributed by atoms with Gasteiger partial charge in [0.2, 0.25) is 5.91 Å². The van der Waals surface area contributed by atoms with Gasteiger partial charge in [-0.15, -0.1) is 0 Å². The first-order valence-electron chi connectivity index (χ1n) is 16.7. The molecule has 0 spiro atoms. The Morgan fingerprint density at radius 2 is 1.42 bits per heavy atom. The standard InChI is InChI=1S/C39H48N4O5/c1-5-6-7-8-9-22-48-33-20-16-28(17-21-33)31-24-40-36(41-25-31)29-12-10-27(11-13-29)23-34(38(47)42-26-35(44)45)43-37(46)30-14-18-32(19-15-30)39(2,3)4/h10-21,24-25,34-35,44-45H,5-9,22-23,26H2,1-4H3,(H,42,47)(H,43,46). The first-order chi connectivity index (χ1) is 23.0. The number of nitrogens with zero attached hydrogens (tertiary/aromatic N) is 2. The van der Waals surface area contributed by atoms with Gasteiger partial charge in [0.05, 0.1) is 13.2 Å². The van der Waals surface area contributed by atoms with Crippen LogP contribution in [0.5, 0.6) is 5.75 Å².